The molecule has 0 spiro atoms. The normalized spacial score (nSPS) is 18.7. The largest absolute Gasteiger partial charge is 0.507 e. The highest BCUT2D eigenvalue weighted by Gasteiger charge is 2.46. The third kappa shape index (κ3) is 4.19. The fourth-order valence-corrected chi connectivity index (χ4v) is 4.25. The van der Waals surface area contributed by atoms with Crippen LogP contribution in [0.5, 0.6) is 11.5 Å². The molecule has 0 aliphatic carbocycles. The number of likely N-dealkylation sites (N-methyl/N-ethyl adjacent to an activating group) is 1. The number of Topliss-reactive ketones (excluding diaryl/α,β-unsaturated/α-hetero) is 1. The number of non-ortho nitro benzene ring substituents is 1. The summed E-state index contributed by atoms with van der Waals surface area (Å²) >= 11 is 0. The molecule has 1 saturated heterocycles. The zero-order valence-corrected chi connectivity index (χ0v) is 18.9. The van der Waals surface area contributed by atoms with E-state index in [0.29, 0.717) is 23.6 Å². The molecule has 1 unspecified atom stereocenters. The van der Waals surface area contributed by atoms with Crippen LogP contribution in [0.3, 0.4) is 0 Å². The number of hydrogen-bond acceptors (Lipinski definition) is 8. The van der Waals surface area contributed by atoms with E-state index in [4.69, 9.17) is 9.47 Å². The Hall–Kier alpha value is -3.92. The minimum atomic E-state index is -0.971. The molecule has 1 fully saturated rings. The Morgan fingerprint density at radius 2 is 1.88 bits per heavy atom. The summed E-state index contributed by atoms with van der Waals surface area (Å²) in [6.07, 6.45) is 0. The van der Waals surface area contributed by atoms with E-state index in [-0.39, 0.29) is 35.9 Å². The number of likely N-dealkylation sites (tertiary alicyclic amines) is 1. The second-order valence-electron chi connectivity index (χ2n) is 7.94. The van der Waals surface area contributed by atoms with Crippen LogP contribution in [0, 0.1) is 10.1 Å². The van der Waals surface area contributed by atoms with Crippen LogP contribution in [-0.4, -0.2) is 64.5 Å². The maximum Gasteiger partial charge on any atom is 0.295 e. The lowest BCUT2D eigenvalue weighted by atomic mass is 9.95. The van der Waals surface area contributed by atoms with E-state index in [1.165, 1.54) is 29.2 Å². The standard InChI is InChI=1S/C24H25N3O7/c1-3-25(4-2)10-11-26-21(15-6-5-7-17(12-15)27(31)32)20(23(29)24(26)30)22(28)16-8-9-18-19(13-16)34-14-33-18/h5-9,12-13,21,28H,3-4,10-11,14H2,1-2H3/b22-20-. The molecule has 2 aliphatic rings. The van der Waals surface area contributed by atoms with Gasteiger partial charge in [-0.05, 0) is 36.9 Å². The van der Waals surface area contributed by atoms with Crippen molar-refractivity contribution in [3.63, 3.8) is 0 Å². The van der Waals surface area contributed by atoms with Crippen molar-refractivity contribution in [3.8, 4) is 11.5 Å². The van der Waals surface area contributed by atoms with Crippen molar-refractivity contribution in [2.75, 3.05) is 33.0 Å². The zero-order valence-electron chi connectivity index (χ0n) is 18.9. The van der Waals surface area contributed by atoms with Gasteiger partial charge in [-0.15, -0.1) is 0 Å². The number of rotatable bonds is 8. The number of carbonyl (C=O) groups excluding carboxylic acids is 2. The van der Waals surface area contributed by atoms with Gasteiger partial charge >= 0.3 is 0 Å². The predicted octanol–water partition coefficient (Wildman–Crippen LogP) is 3.09. The number of aliphatic hydroxyl groups is 1. The molecule has 1 amide bonds. The van der Waals surface area contributed by atoms with Crippen molar-refractivity contribution in [3.05, 3.63) is 69.3 Å². The molecule has 34 heavy (non-hydrogen) atoms. The number of carbonyl (C=O) groups is 2. The smallest absolute Gasteiger partial charge is 0.295 e. The number of benzene rings is 2. The van der Waals surface area contributed by atoms with Gasteiger partial charge in [0.05, 0.1) is 16.5 Å². The van der Waals surface area contributed by atoms with E-state index < -0.39 is 22.7 Å². The van der Waals surface area contributed by atoms with Gasteiger partial charge in [0.15, 0.2) is 11.5 Å². The number of aliphatic hydroxyl groups excluding tert-OH is 1. The first-order valence-corrected chi connectivity index (χ1v) is 11.0. The highest BCUT2D eigenvalue weighted by molar-refractivity contribution is 6.46. The fourth-order valence-electron chi connectivity index (χ4n) is 4.25. The number of hydrogen-bond donors (Lipinski definition) is 1. The molecular formula is C24H25N3O7. The third-order valence-electron chi connectivity index (χ3n) is 6.13. The Labute approximate surface area is 196 Å². The quantitative estimate of drug-likeness (QED) is 0.207. The van der Waals surface area contributed by atoms with Gasteiger partial charge in [0.25, 0.3) is 17.4 Å². The minimum Gasteiger partial charge on any atom is -0.507 e. The minimum absolute atomic E-state index is 0.0446. The van der Waals surface area contributed by atoms with Crippen LogP contribution >= 0.6 is 0 Å². The van der Waals surface area contributed by atoms with E-state index in [0.717, 1.165) is 13.1 Å². The van der Waals surface area contributed by atoms with Crippen molar-refractivity contribution in [1.82, 2.24) is 9.80 Å². The number of ketones is 1. The molecule has 1 N–H and O–H groups in total. The van der Waals surface area contributed by atoms with Crippen molar-refractivity contribution < 1.29 is 29.1 Å². The Kier molecular flexibility index (Phi) is 6.51. The number of fused-ring (bicyclic) bond motifs is 1. The van der Waals surface area contributed by atoms with E-state index in [1.807, 2.05) is 13.8 Å². The molecule has 178 valence electrons. The molecule has 0 bridgehead atoms. The fraction of sp³-hybridized carbons (Fsp3) is 0.333. The number of amides is 1. The number of ether oxygens (including phenoxy) is 2. The Bertz CT molecular complexity index is 1170. The summed E-state index contributed by atoms with van der Waals surface area (Å²) in [5, 5.41) is 22.6. The average Bonchev–Trinajstić information content (AvgIpc) is 3.41. The summed E-state index contributed by atoms with van der Waals surface area (Å²) in [5.74, 6) is -1.06. The van der Waals surface area contributed by atoms with Crippen LogP contribution in [0.4, 0.5) is 5.69 Å². The molecule has 0 saturated carbocycles. The molecule has 0 aromatic heterocycles. The zero-order chi connectivity index (χ0) is 24.4. The molecule has 2 aromatic rings. The molecule has 0 radical (unpaired) electrons. The molecular weight excluding hydrogens is 442 g/mol. The van der Waals surface area contributed by atoms with Crippen LogP contribution in [0.1, 0.15) is 31.0 Å². The second kappa shape index (κ2) is 9.52. The van der Waals surface area contributed by atoms with Crippen molar-refractivity contribution in [1.29, 1.82) is 0 Å². The monoisotopic (exact) mass is 467 g/mol. The summed E-state index contributed by atoms with van der Waals surface area (Å²) in [6.45, 7) is 6.29. The molecule has 1 atom stereocenters. The first kappa shape index (κ1) is 23.2. The van der Waals surface area contributed by atoms with Gasteiger partial charge in [-0.3, -0.25) is 19.7 Å². The summed E-state index contributed by atoms with van der Waals surface area (Å²) in [4.78, 5) is 40.5. The topological polar surface area (TPSA) is 122 Å². The summed E-state index contributed by atoms with van der Waals surface area (Å²) in [6, 6.07) is 9.51. The van der Waals surface area contributed by atoms with Crippen molar-refractivity contribution in [2.45, 2.75) is 19.9 Å². The van der Waals surface area contributed by atoms with Crippen molar-refractivity contribution in [2.24, 2.45) is 0 Å². The summed E-state index contributed by atoms with van der Waals surface area (Å²) in [5.41, 5.74) is 0.357. The summed E-state index contributed by atoms with van der Waals surface area (Å²) in [7, 11) is 0. The van der Waals surface area contributed by atoms with Crippen LogP contribution in [0.25, 0.3) is 5.76 Å². The summed E-state index contributed by atoms with van der Waals surface area (Å²) < 4.78 is 10.7. The maximum absolute atomic E-state index is 13.1. The van der Waals surface area contributed by atoms with Gasteiger partial charge in [-0.2, -0.15) is 0 Å². The van der Waals surface area contributed by atoms with Gasteiger partial charge in [0, 0.05) is 30.8 Å². The first-order chi connectivity index (χ1) is 16.3. The van der Waals surface area contributed by atoms with Crippen LogP contribution in [0.15, 0.2) is 48.0 Å². The van der Waals surface area contributed by atoms with Gasteiger partial charge in [-0.25, -0.2) is 0 Å². The average molecular weight is 467 g/mol. The maximum atomic E-state index is 13.1. The van der Waals surface area contributed by atoms with Crippen molar-refractivity contribution >= 4 is 23.1 Å². The molecule has 2 heterocycles. The third-order valence-corrected chi connectivity index (χ3v) is 6.13. The lowest BCUT2D eigenvalue weighted by Crippen LogP contribution is -2.38. The van der Waals surface area contributed by atoms with Gasteiger partial charge in [0.2, 0.25) is 6.79 Å². The van der Waals surface area contributed by atoms with Gasteiger partial charge in [0.1, 0.15) is 5.76 Å². The van der Waals surface area contributed by atoms with E-state index in [1.54, 1.807) is 18.2 Å². The van der Waals surface area contributed by atoms with Crippen LogP contribution in [0.2, 0.25) is 0 Å². The molecule has 10 nitrogen and oxygen atoms in total. The predicted molar refractivity (Wildman–Crippen MR) is 122 cm³/mol. The lowest BCUT2D eigenvalue weighted by molar-refractivity contribution is -0.384. The van der Waals surface area contributed by atoms with E-state index in [2.05, 4.69) is 4.90 Å². The highest BCUT2D eigenvalue weighted by Crippen LogP contribution is 2.41. The number of nitro benzene ring substituents is 1. The Morgan fingerprint density at radius 3 is 2.59 bits per heavy atom. The Morgan fingerprint density at radius 1 is 1.15 bits per heavy atom. The SMILES string of the molecule is CCN(CC)CCN1C(=O)C(=O)/C(=C(\O)c2ccc3c(c2)OCO3)C1c1cccc([N+](=O)[O-])c1. The lowest BCUT2D eigenvalue weighted by Gasteiger charge is -2.28. The van der Waals surface area contributed by atoms with Crippen LogP contribution < -0.4 is 9.47 Å². The van der Waals surface area contributed by atoms with Gasteiger partial charge in [-0.1, -0.05) is 26.0 Å². The Balaban J connectivity index is 1.82. The van der Waals surface area contributed by atoms with Gasteiger partial charge < -0.3 is 24.4 Å². The molecule has 10 heteroatoms. The highest BCUT2D eigenvalue weighted by atomic mass is 16.7. The van der Waals surface area contributed by atoms with E-state index >= 15 is 0 Å². The van der Waals surface area contributed by atoms with E-state index in [9.17, 15) is 24.8 Å². The second-order valence-corrected chi connectivity index (χ2v) is 7.94. The van der Waals surface area contributed by atoms with Crippen LogP contribution in [-0.2, 0) is 9.59 Å². The molecule has 2 aliphatic heterocycles. The molecule has 4 rings (SSSR count). The molecule has 2 aromatic carbocycles. The number of nitrogens with zero attached hydrogens (tertiary/aromatic N) is 3. The number of nitro groups is 1. The first-order valence-electron chi connectivity index (χ1n) is 11.0.